The van der Waals surface area contributed by atoms with Crippen LogP contribution in [0.5, 0.6) is 0 Å². The standard InChI is InChI=1S/C10H18N4S/c1-9(6-13-4-2-3-5-13)7-14-8-11-12-10(14)15/h8-9H,2-7H2,1H3,(H,12,15). The molecule has 0 bridgehead atoms. The monoisotopic (exact) mass is 226 g/mol. The van der Waals surface area contributed by atoms with Gasteiger partial charge in [-0.05, 0) is 44.1 Å². The molecule has 5 heteroatoms. The molecule has 0 radical (unpaired) electrons. The molecule has 1 aromatic rings. The minimum absolute atomic E-state index is 0.632. The van der Waals surface area contributed by atoms with E-state index in [4.69, 9.17) is 12.2 Å². The van der Waals surface area contributed by atoms with Gasteiger partial charge in [-0.15, -0.1) is 0 Å². The second kappa shape index (κ2) is 4.90. The molecule has 1 atom stereocenters. The molecule has 2 rings (SSSR count). The van der Waals surface area contributed by atoms with Gasteiger partial charge in [-0.1, -0.05) is 6.92 Å². The van der Waals surface area contributed by atoms with Crippen molar-refractivity contribution in [2.75, 3.05) is 19.6 Å². The Kier molecular flexibility index (Phi) is 3.53. The number of likely N-dealkylation sites (tertiary alicyclic amines) is 1. The lowest BCUT2D eigenvalue weighted by Crippen LogP contribution is -2.27. The summed E-state index contributed by atoms with van der Waals surface area (Å²) >= 11 is 5.12. The first kappa shape index (κ1) is 10.8. The van der Waals surface area contributed by atoms with Crippen LogP contribution >= 0.6 is 12.2 Å². The molecular weight excluding hydrogens is 208 g/mol. The Morgan fingerprint density at radius 3 is 2.80 bits per heavy atom. The third-order valence-electron chi connectivity index (χ3n) is 2.90. The predicted octanol–water partition coefficient (Wildman–Crippen LogP) is 1.67. The highest BCUT2D eigenvalue weighted by Crippen LogP contribution is 2.11. The lowest BCUT2D eigenvalue weighted by molar-refractivity contribution is 0.271. The smallest absolute Gasteiger partial charge is 0.194 e. The Balaban J connectivity index is 1.84. The van der Waals surface area contributed by atoms with E-state index >= 15 is 0 Å². The third-order valence-corrected chi connectivity index (χ3v) is 3.22. The first-order chi connectivity index (χ1) is 7.25. The molecule has 1 aromatic heterocycles. The number of nitrogens with one attached hydrogen (secondary N) is 1. The molecule has 2 heterocycles. The fourth-order valence-corrected chi connectivity index (χ4v) is 2.37. The zero-order chi connectivity index (χ0) is 10.7. The Labute approximate surface area is 95.3 Å². The van der Waals surface area contributed by atoms with Crippen LogP contribution in [0.3, 0.4) is 0 Å². The lowest BCUT2D eigenvalue weighted by atomic mass is 10.1. The molecular formula is C10H18N4S. The summed E-state index contributed by atoms with van der Waals surface area (Å²) in [6.07, 6.45) is 4.50. The molecule has 0 aliphatic carbocycles. The molecule has 1 aliphatic heterocycles. The van der Waals surface area contributed by atoms with Gasteiger partial charge in [0, 0.05) is 13.1 Å². The Morgan fingerprint density at radius 2 is 2.20 bits per heavy atom. The fraction of sp³-hybridized carbons (Fsp3) is 0.800. The van der Waals surface area contributed by atoms with Crippen LogP contribution < -0.4 is 0 Å². The molecule has 0 spiro atoms. The van der Waals surface area contributed by atoms with Crippen LogP contribution in [-0.2, 0) is 6.54 Å². The lowest BCUT2D eigenvalue weighted by Gasteiger charge is -2.20. The van der Waals surface area contributed by atoms with Crippen molar-refractivity contribution in [1.82, 2.24) is 19.7 Å². The molecule has 0 aromatic carbocycles. The number of H-pyrrole nitrogens is 1. The summed E-state index contributed by atoms with van der Waals surface area (Å²) in [7, 11) is 0. The molecule has 84 valence electrons. The SMILES string of the molecule is CC(CN1CCCC1)Cn1cn[nH]c1=S. The van der Waals surface area contributed by atoms with E-state index in [0.717, 1.165) is 11.3 Å². The maximum absolute atomic E-state index is 5.12. The molecule has 1 N–H and O–H groups in total. The molecule has 1 aliphatic rings. The van der Waals surface area contributed by atoms with Crippen molar-refractivity contribution in [2.45, 2.75) is 26.3 Å². The van der Waals surface area contributed by atoms with Crippen molar-refractivity contribution >= 4 is 12.2 Å². The van der Waals surface area contributed by atoms with E-state index in [2.05, 4.69) is 22.0 Å². The summed E-state index contributed by atoms with van der Waals surface area (Å²) in [5.74, 6) is 0.632. The maximum atomic E-state index is 5.12. The average molecular weight is 226 g/mol. The van der Waals surface area contributed by atoms with E-state index in [1.54, 1.807) is 6.33 Å². The average Bonchev–Trinajstić information content (AvgIpc) is 2.79. The van der Waals surface area contributed by atoms with Gasteiger partial charge in [-0.3, -0.25) is 5.10 Å². The van der Waals surface area contributed by atoms with Crippen LogP contribution in [0, 0.1) is 10.7 Å². The topological polar surface area (TPSA) is 36.9 Å². The van der Waals surface area contributed by atoms with Crippen molar-refractivity contribution in [3.8, 4) is 0 Å². The molecule has 1 fully saturated rings. The second-order valence-corrected chi connectivity index (χ2v) is 4.81. The summed E-state index contributed by atoms with van der Waals surface area (Å²) < 4.78 is 2.74. The van der Waals surface area contributed by atoms with Gasteiger partial charge in [0.2, 0.25) is 0 Å². The predicted molar refractivity (Wildman–Crippen MR) is 62.2 cm³/mol. The Hall–Kier alpha value is -0.680. The highest BCUT2D eigenvalue weighted by Gasteiger charge is 2.14. The number of nitrogens with zero attached hydrogens (tertiary/aromatic N) is 3. The third kappa shape index (κ3) is 2.89. The summed E-state index contributed by atoms with van der Waals surface area (Å²) in [5.41, 5.74) is 0. The minimum atomic E-state index is 0.632. The zero-order valence-corrected chi connectivity index (χ0v) is 9.96. The number of aromatic amines is 1. The van der Waals surface area contributed by atoms with Crippen molar-refractivity contribution < 1.29 is 0 Å². The van der Waals surface area contributed by atoms with Gasteiger partial charge in [0.15, 0.2) is 4.77 Å². The van der Waals surface area contributed by atoms with Gasteiger partial charge in [-0.25, -0.2) is 0 Å². The van der Waals surface area contributed by atoms with E-state index in [0.29, 0.717) is 5.92 Å². The maximum Gasteiger partial charge on any atom is 0.194 e. The van der Waals surface area contributed by atoms with Gasteiger partial charge >= 0.3 is 0 Å². The van der Waals surface area contributed by atoms with Crippen LogP contribution in [0.25, 0.3) is 0 Å². The van der Waals surface area contributed by atoms with Gasteiger partial charge in [0.1, 0.15) is 6.33 Å². The number of hydrogen-bond donors (Lipinski definition) is 1. The van der Waals surface area contributed by atoms with Gasteiger partial charge in [-0.2, -0.15) is 5.10 Å². The first-order valence-corrected chi connectivity index (χ1v) is 5.98. The zero-order valence-electron chi connectivity index (χ0n) is 9.15. The number of aromatic nitrogens is 3. The molecule has 1 saturated heterocycles. The number of hydrogen-bond acceptors (Lipinski definition) is 3. The van der Waals surface area contributed by atoms with Crippen molar-refractivity contribution in [1.29, 1.82) is 0 Å². The molecule has 4 nitrogen and oxygen atoms in total. The minimum Gasteiger partial charge on any atom is -0.306 e. The molecule has 0 saturated carbocycles. The summed E-state index contributed by atoms with van der Waals surface area (Å²) in [6.45, 7) is 6.94. The van der Waals surface area contributed by atoms with E-state index in [1.165, 1.54) is 32.5 Å². The highest BCUT2D eigenvalue weighted by molar-refractivity contribution is 7.71. The van der Waals surface area contributed by atoms with E-state index in [9.17, 15) is 0 Å². The van der Waals surface area contributed by atoms with Gasteiger partial charge in [0.25, 0.3) is 0 Å². The van der Waals surface area contributed by atoms with Crippen molar-refractivity contribution in [2.24, 2.45) is 5.92 Å². The van der Waals surface area contributed by atoms with Crippen LogP contribution in [0.1, 0.15) is 19.8 Å². The van der Waals surface area contributed by atoms with Gasteiger partial charge < -0.3 is 9.47 Å². The second-order valence-electron chi connectivity index (χ2n) is 4.43. The van der Waals surface area contributed by atoms with E-state index in [1.807, 2.05) is 4.57 Å². The Bertz CT molecular complexity index is 350. The normalized spacial score (nSPS) is 19.5. The van der Waals surface area contributed by atoms with E-state index in [-0.39, 0.29) is 0 Å². The van der Waals surface area contributed by atoms with Crippen LogP contribution in [-0.4, -0.2) is 39.3 Å². The molecule has 15 heavy (non-hydrogen) atoms. The van der Waals surface area contributed by atoms with Crippen LogP contribution in [0.4, 0.5) is 0 Å². The molecule has 0 amide bonds. The summed E-state index contributed by atoms with van der Waals surface area (Å²) in [4.78, 5) is 2.54. The van der Waals surface area contributed by atoms with Crippen LogP contribution in [0.2, 0.25) is 0 Å². The van der Waals surface area contributed by atoms with E-state index < -0.39 is 0 Å². The summed E-state index contributed by atoms with van der Waals surface area (Å²) in [6, 6.07) is 0. The van der Waals surface area contributed by atoms with Crippen molar-refractivity contribution in [3.63, 3.8) is 0 Å². The number of rotatable bonds is 4. The van der Waals surface area contributed by atoms with Crippen molar-refractivity contribution in [3.05, 3.63) is 11.1 Å². The fourth-order valence-electron chi connectivity index (χ4n) is 2.20. The Morgan fingerprint density at radius 1 is 1.47 bits per heavy atom. The van der Waals surface area contributed by atoms with Gasteiger partial charge in [0.05, 0.1) is 0 Å². The summed E-state index contributed by atoms with van der Waals surface area (Å²) in [5, 5.41) is 6.71. The highest BCUT2D eigenvalue weighted by atomic mass is 32.1. The quantitative estimate of drug-likeness (QED) is 0.794. The van der Waals surface area contributed by atoms with Crippen LogP contribution in [0.15, 0.2) is 6.33 Å². The first-order valence-electron chi connectivity index (χ1n) is 5.58. The largest absolute Gasteiger partial charge is 0.306 e. The molecule has 1 unspecified atom stereocenters.